The van der Waals surface area contributed by atoms with Crippen LogP contribution in [-0.2, 0) is 15.2 Å². The number of carboxylic acid groups (broad SMARTS) is 1. The molecule has 2 aromatic rings. The van der Waals surface area contributed by atoms with Gasteiger partial charge in [-0.2, -0.15) is 31.6 Å². The number of carbonyl (C=O) groups excluding carboxylic acids is 2. The number of nitrogens with two attached hydrogens (primary N) is 2. The van der Waals surface area contributed by atoms with Crippen LogP contribution in [0.4, 0.5) is 32.2 Å². The summed E-state index contributed by atoms with van der Waals surface area (Å²) in [7, 11) is 0. The average Bonchev–Trinajstić information content (AvgIpc) is 2.82. The number of carboxylic acids is 1. The van der Waals surface area contributed by atoms with E-state index >= 15 is 0 Å². The standard InChI is InChI=1S/C21H21F3N6O3.C2HF3O2/c1-11-3-4-12(20(33,18(27)32)21(22,23)24)7-13(11)14-8-28-16(26)15(30-14)17(31)29-10-19(9-25)5-2-6-19;3-2(4,5)1(6)7/h3-4,7-8,33H,2,5-6,10H2,1H3,(H2,26,28)(H2,27,32)(H,29,31);(H,6,7). The zero-order valence-electron chi connectivity index (χ0n) is 20.5. The molecule has 7 N–H and O–H groups in total. The molecule has 216 valence electrons. The number of halogens is 6. The Labute approximate surface area is 221 Å². The monoisotopic (exact) mass is 576 g/mol. The maximum absolute atomic E-state index is 13.5. The van der Waals surface area contributed by atoms with Gasteiger partial charge in [0.1, 0.15) is 0 Å². The molecule has 0 aliphatic heterocycles. The van der Waals surface area contributed by atoms with Crippen molar-refractivity contribution in [3.8, 4) is 17.3 Å². The Morgan fingerprint density at radius 2 is 1.75 bits per heavy atom. The van der Waals surface area contributed by atoms with Gasteiger partial charge in [0, 0.05) is 17.7 Å². The number of aryl methyl sites for hydroxylation is 1. The van der Waals surface area contributed by atoms with Crippen LogP contribution in [0, 0.1) is 23.7 Å². The molecule has 1 aromatic carbocycles. The number of benzene rings is 1. The highest BCUT2D eigenvalue weighted by atomic mass is 19.4. The summed E-state index contributed by atoms with van der Waals surface area (Å²) >= 11 is 0. The van der Waals surface area contributed by atoms with Crippen LogP contribution in [0.5, 0.6) is 0 Å². The van der Waals surface area contributed by atoms with E-state index in [0.717, 1.165) is 24.8 Å². The smallest absolute Gasteiger partial charge is 0.475 e. The summed E-state index contributed by atoms with van der Waals surface area (Å²) in [5.74, 6) is -5.65. The second-order valence-electron chi connectivity index (χ2n) is 8.82. The number of rotatable bonds is 6. The molecular weight excluding hydrogens is 554 g/mol. The van der Waals surface area contributed by atoms with E-state index in [1.165, 1.54) is 6.07 Å². The molecule has 1 saturated carbocycles. The molecule has 3 rings (SSSR count). The van der Waals surface area contributed by atoms with E-state index in [4.69, 9.17) is 21.4 Å². The lowest BCUT2D eigenvalue weighted by atomic mass is 9.70. The van der Waals surface area contributed by atoms with Gasteiger partial charge in [-0.25, -0.2) is 14.8 Å². The Bertz CT molecular complexity index is 1350. The number of aliphatic hydroxyl groups is 1. The summed E-state index contributed by atoms with van der Waals surface area (Å²) in [6.45, 7) is 1.65. The van der Waals surface area contributed by atoms with Crippen LogP contribution >= 0.6 is 0 Å². The van der Waals surface area contributed by atoms with Gasteiger partial charge in [0.15, 0.2) is 11.5 Å². The van der Waals surface area contributed by atoms with E-state index in [9.17, 15) is 46.3 Å². The first-order chi connectivity index (χ1) is 18.3. The molecule has 1 heterocycles. The fraction of sp³-hybridized carbons (Fsp3) is 0.391. The van der Waals surface area contributed by atoms with E-state index in [2.05, 4.69) is 21.4 Å². The van der Waals surface area contributed by atoms with Crippen LogP contribution in [0.3, 0.4) is 0 Å². The van der Waals surface area contributed by atoms with Gasteiger partial charge in [0.25, 0.3) is 17.4 Å². The molecule has 1 aliphatic carbocycles. The average molecular weight is 576 g/mol. The molecule has 0 radical (unpaired) electrons. The van der Waals surface area contributed by atoms with Gasteiger partial charge in [-0.1, -0.05) is 18.6 Å². The first kappa shape index (κ1) is 31.8. The maximum Gasteiger partial charge on any atom is 0.490 e. The number of primary amides is 1. The highest BCUT2D eigenvalue weighted by molar-refractivity contribution is 5.97. The lowest BCUT2D eigenvalue weighted by molar-refractivity contribution is -0.255. The number of aromatic nitrogens is 2. The van der Waals surface area contributed by atoms with Crippen LogP contribution in [0.1, 0.15) is 40.9 Å². The molecule has 40 heavy (non-hydrogen) atoms. The van der Waals surface area contributed by atoms with Gasteiger partial charge in [-0.3, -0.25) is 9.59 Å². The Morgan fingerprint density at radius 3 is 2.17 bits per heavy atom. The summed E-state index contributed by atoms with van der Waals surface area (Å²) in [4.78, 5) is 41.1. The number of alkyl halides is 6. The molecule has 1 unspecified atom stereocenters. The van der Waals surface area contributed by atoms with Crippen LogP contribution in [0.2, 0.25) is 0 Å². The third kappa shape index (κ3) is 6.57. The number of amides is 2. The SMILES string of the molecule is Cc1ccc(C(O)(C(N)=O)C(F)(F)F)cc1-c1cnc(N)c(C(=O)NCC2(C#N)CCC2)n1.O=C(O)C(F)(F)F. The first-order valence-electron chi connectivity index (χ1n) is 11.1. The Hall–Kier alpha value is -4.46. The maximum atomic E-state index is 13.5. The van der Waals surface area contributed by atoms with Crippen molar-refractivity contribution in [1.82, 2.24) is 15.3 Å². The highest BCUT2D eigenvalue weighted by Gasteiger charge is 2.60. The van der Waals surface area contributed by atoms with Crippen molar-refractivity contribution in [2.75, 3.05) is 12.3 Å². The minimum absolute atomic E-state index is 0.0127. The normalized spacial score (nSPS) is 15.8. The van der Waals surface area contributed by atoms with Crippen LogP contribution in [-0.4, -0.2) is 56.9 Å². The third-order valence-electron chi connectivity index (χ3n) is 6.09. The van der Waals surface area contributed by atoms with Crippen molar-refractivity contribution in [1.29, 1.82) is 5.26 Å². The van der Waals surface area contributed by atoms with Gasteiger partial charge in [-0.05, 0) is 31.4 Å². The number of hydrogen-bond acceptors (Lipinski definition) is 8. The summed E-state index contributed by atoms with van der Waals surface area (Å²) in [6, 6.07) is 5.27. The lowest BCUT2D eigenvalue weighted by Gasteiger charge is -2.35. The number of nitrogens with one attached hydrogen (secondary N) is 1. The van der Waals surface area contributed by atoms with Crippen LogP contribution in [0.25, 0.3) is 11.3 Å². The molecule has 0 bridgehead atoms. The van der Waals surface area contributed by atoms with E-state index in [-0.39, 0.29) is 29.3 Å². The number of nitrogens with zero attached hydrogens (tertiary/aromatic N) is 3. The first-order valence-corrected chi connectivity index (χ1v) is 11.1. The number of carbonyl (C=O) groups is 3. The summed E-state index contributed by atoms with van der Waals surface area (Å²) in [6.07, 6.45) is -7.12. The minimum atomic E-state index is -5.37. The highest BCUT2D eigenvalue weighted by Crippen LogP contribution is 2.41. The van der Waals surface area contributed by atoms with E-state index < -0.39 is 46.7 Å². The number of hydrogen-bond donors (Lipinski definition) is 5. The van der Waals surface area contributed by atoms with E-state index in [1.807, 2.05) is 0 Å². The molecule has 11 nitrogen and oxygen atoms in total. The quantitative estimate of drug-likeness (QED) is 0.320. The molecule has 1 fully saturated rings. The van der Waals surface area contributed by atoms with Gasteiger partial charge >= 0.3 is 18.3 Å². The predicted octanol–water partition coefficient (Wildman–Crippen LogP) is 2.33. The fourth-order valence-electron chi connectivity index (χ4n) is 3.53. The number of aliphatic carboxylic acids is 1. The van der Waals surface area contributed by atoms with Crippen molar-refractivity contribution >= 4 is 23.6 Å². The van der Waals surface area contributed by atoms with E-state index in [0.29, 0.717) is 18.4 Å². The van der Waals surface area contributed by atoms with Gasteiger partial charge < -0.3 is 27.0 Å². The molecule has 0 spiro atoms. The summed E-state index contributed by atoms with van der Waals surface area (Å²) in [5, 5.41) is 29.1. The van der Waals surface area contributed by atoms with Gasteiger partial charge in [-0.15, -0.1) is 0 Å². The molecule has 1 atom stereocenters. The zero-order chi connectivity index (χ0) is 30.7. The molecule has 17 heteroatoms. The molecule has 2 amide bonds. The molecule has 1 aromatic heterocycles. The third-order valence-corrected chi connectivity index (χ3v) is 6.09. The minimum Gasteiger partial charge on any atom is -0.475 e. The van der Waals surface area contributed by atoms with Crippen molar-refractivity contribution < 1.29 is 50.9 Å². The summed E-state index contributed by atoms with van der Waals surface area (Å²) < 4.78 is 72.2. The van der Waals surface area contributed by atoms with E-state index in [1.54, 1.807) is 6.92 Å². The molecular formula is C23H22F6N6O5. The second kappa shape index (κ2) is 11.3. The lowest BCUT2D eigenvalue weighted by Crippen LogP contribution is -2.52. The predicted molar refractivity (Wildman–Crippen MR) is 124 cm³/mol. The number of nitrogen functional groups attached to an aromatic ring is 1. The Morgan fingerprint density at radius 1 is 1.18 bits per heavy atom. The Balaban J connectivity index is 0.000000708. The van der Waals surface area contributed by atoms with Crippen molar-refractivity contribution in [2.24, 2.45) is 11.1 Å². The Kier molecular flexibility index (Phi) is 9.00. The van der Waals surface area contributed by atoms with Crippen molar-refractivity contribution in [3.63, 3.8) is 0 Å². The number of anilines is 1. The van der Waals surface area contributed by atoms with Gasteiger partial charge in [0.05, 0.1) is 23.4 Å². The molecule has 0 saturated heterocycles. The van der Waals surface area contributed by atoms with Crippen molar-refractivity contribution in [3.05, 3.63) is 41.2 Å². The molecule has 1 aliphatic rings. The zero-order valence-corrected chi connectivity index (χ0v) is 20.5. The topological polar surface area (TPSA) is 205 Å². The fourth-order valence-corrected chi connectivity index (χ4v) is 3.53. The van der Waals surface area contributed by atoms with Crippen molar-refractivity contribution in [2.45, 2.75) is 44.1 Å². The largest absolute Gasteiger partial charge is 0.490 e. The van der Waals surface area contributed by atoms with Crippen LogP contribution in [0.15, 0.2) is 24.4 Å². The van der Waals surface area contributed by atoms with Crippen LogP contribution < -0.4 is 16.8 Å². The van der Waals surface area contributed by atoms with Gasteiger partial charge in [0.2, 0.25) is 0 Å². The number of nitriles is 1. The summed E-state index contributed by atoms with van der Waals surface area (Å²) in [5.41, 5.74) is 5.48. The second-order valence-corrected chi connectivity index (χ2v) is 8.82.